The molecule has 0 heterocycles. The number of hydrogen-bond acceptors (Lipinski definition) is 4. The van der Waals surface area contributed by atoms with Crippen LogP contribution in [0, 0.1) is 0 Å². The molecule has 3 unspecified atom stereocenters. The van der Waals surface area contributed by atoms with Crippen molar-refractivity contribution in [3.8, 4) is 0 Å². The van der Waals surface area contributed by atoms with Gasteiger partial charge < -0.3 is 10.4 Å². The Hall–Kier alpha value is -0.910. The van der Waals surface area contributed by atoms with E-state index in [0.29, 0.717) is 6.42 Å². The van der Waals surface area contributed by atoms with Crippen molar-refractivity contribution < 1.29 is 13.5 Å². The first-order chi connectivity index (χ1) is 9.34. The van der Waals surface area contributed by atoms with Crippen LogP contribution in [0.1, 0.15) is 26.3 Å². The summed E-state index contributed by atoms with van der Waals surface area (Å²) in [5.41, 5.74) is 1.07. The first-order valence-corrected chi connectivity index (χ1v) is 8.84. The maximum atomic E-state index is 11.5. The third-order valence-electron chi connectivity index (χ3n) is 3.36. The van der Waals surface area contributed by atoms with Gasteiger partial charge in [0.05, 0.1) is 11.9 Å². The fraction of sp³-hybridized carbons (Fsp3) is 0.600. The molecule has 0 bridgehead atoms. The highest BCUT2D eigenvalue weighted by Crippen LogP contribution is 2.07. The third kappa shape index (κ3) is 6.03. The molecule has 0 radical (unpaired) electrons. The quantitative estimate of drug-likeness (QED) is 0.761. The summed E-state index contributed by atoms with van der Waals surface area (Å²) in [6, 6.07) is 9.45. The Balaban J connectivity index is 2.47. The van der Waals surface area contributed by atoms with E-state index in [9.17, 15) is 13.5 Å². The van der Waals surface area contributed by atoms with Crippen LogP contribution in [0.2, 0.25) is 0 Å². The van der Waals surface area contributed by atoms with Crippen LogP contribution in [-0.4, -0.2) is 43.2 Å². The molecule has 2 N–H and O–H groups in total. The predicted molar refractivity (Wildman–Crippen MR) is 82.5 cm³/mol. The molecule has 0 saturated heterocycles. The normalized spacial score (nSPS) is 16.6. The predicted octanol–water partition coefficient (Wildman–Crippen LogP) is 1.39. The molecule has 0 saturated carbocycles. The Morgan fingerprint density at radius 2 is 1.80 bits per heavy atom. The van der Waals surface area contributed by atoms with E-state index in [4.69, 9.17) is 0 Å². The molecule has 0 amide bonds. The SMILES string of the molecule is CCS(=O)(=O)CC(C)NC(C)C(O)Cc1ccccc1. The van der Waals surface area contributed by atoms with Crippen molar-refractivity contribution in [3.63, 3.8) is 0 Å². The zero-order valence-electron chi connectivity index (χ0n) is 12.4. The lowest BCUT2D eigenvalue weighted by atomic mass is 10.0. The summed E-state index contributed by atoms with van der Waals surface area (Å²) in [5.74, 6) is 0.256. The summed E-state index contributed by atoms with van der Waals surface area (Å²) >= 11 is 0. The molecule has 114 valence electrons. The van der Waals surface area contributed by atoms with Gasteiger partial charge in [-0.2, -0.15) is 0 Å². The lowest BCUT2D eigenvalue weighted by Crippen LogP contribution is -2.45. The Bertz CT molecular complexity index is 487. The second-order valence-electron chi connectivity index (χ2n) is 5.31. The first-order valence-electron chi connectivity index (χ1n) is 7.02. The molecule has 1 aromatic rings. The van der Waals surface area contributed by atoms with Crippen molar-refractivity contribution in [2.24, 2.45) is 0 Å². The van der Waals surface area contributed by atoms with E-state index in [1.54, 1.807) is 6.92 Å². The van der Waals surface area contributed by atoms with Crippen LogP contribution in [0.5, 0.6) is 0 Å². The van der Waals surface area contributed by atoms with Gasteiger partial charge in [-0.05, 0) is 25.8 Å². The molecule has 4 nitrogen and oxygen atoms in total. The highest BCUT2D eigenvalue weighted by molar-refractivity contribution is 7.91. The van der Waals surface area contributed by atoms with Gasteiger partial charge in [-0.3, -0.25) is 0 Å². The van der Waals surface area contributed by atoms with Crippen LogP contribution >= 0.6 is 0 Å². The molecule has 0 aliphatic heterocycles. The van der Waals surface area contributed by atoms with Crippen LogP contribution in [-0.2, 0) is 16.3 Å². The van der Waals surface area contributed by atoms with E-state index in [1.165, 1.54) is 0 Å². The topological polar surface area (TPSA) is 66.4 Å². The van der Waals surface area contributed by atoms with Crippen LogP contribution in [0.15, 0.2) is 30.3 Å². The number of sulfone groups is 1. The Morgan fingerprint density at radius 1 is 1.20 bits per heavy atom. The minimum atomic E-state index is -2.99. The molecule has 1 aromatic carbocycles. The number of benzene rings is 1. The smallest absolute Gasteiger partial charge is 0.151 e. The molecule has 3 atom stereocenters. The maximum Gasteiger partial charge on any atom is 0.151 e. The lowest BCUT2D eigenvalue weighted by molar-refractivity contribution is 0.130. The van der Waals surface area contributed by atoms with Gasteiger partial charge in [-0.25, -0.2) is 8.42 Å². The van der Waals surface area contributed by atoms with Gasteiger partial charge in [0.2, 0.25) is 0 Å². The molecular weight excluding hydrogens is 274 g/mol. The van der Waals surface area contributed by atoms with Crippen LogP contribution in [0.4, 0.5) is 0 Å². The summed E-state index contributed by atoms with van der Waals surface area (Å²) in [5, 5.41) is 13.3. The number of nitrogens with one attached hydrogen (secondary N) is 1. The van der Waals surface area contributed by atoms with Crippen molar-refractivity contribution in [2.45, 2.75) is 45.4 Å². The molecule has 0 fully saturated rings. The molecule has 1 rings (SSSR count). The van der Waals surface area contributed by atoms with Crippen molar-refractivity contribution in [3.05, 3.63) is 35.9 Å². The van der Waals surface area contributed by atoms with E-state index in [0.717, 1.165) is 5.56 Å². The van der Waals surface area contributed by atoms with Crippen LogP contribution < -0.4 is 5.32 Å². The summed E-state index contributed by atoms with van der Waals surface area (Å²) in [7, 11) is -2.99. The summed E-state index contributed by atoms with van der Waals surface area (Å²) in [6.45, 7) is 5.36. The zero-order valence-corrected chi connectivity index (χ0v) is 13.2. The minimum absolute atomic E-state index is 0.103. The van der Waals surface area contributed by atoms with Crippen molar-refractivity contribution in [1.29, 1.82) is 0 Å². The largest absolute Gasteiger partial charge is 0.391 e. The van der Waals surface area contributed by atoms with Crippen LogP contribution in [0.25, 0.3) is 0 Å². The van der Waals surface area contributed by atoms with E-state index in [1.807, 2.05) is 44.2 Å². The van der Waals surface area contributed by atoms with E-state index < -0.39 is 15.9 Å². The fourth-order valence-electron chi connectivity index (χ4n) is 2.14. The fourth-order valence-corrected chi connectivity index (χ4v) is 3.23. The Labute approximate surface area is 122 Å². The van der Waals surface area contributed by atoms with Gasteiger partial charge in [0, 0.05) is 17.8 Å². The Morgan fingerprint density at radius 3 is 2.35 bits per heavy atom. The standard InChI is InChI=1S/C15H25NO3S/c1-4-20(18,19)11-12(2)16-13(3)15(17)10-14-8-6-5-7-9-14/h5-9,12-13,15-17H,4,10-11H2,1-3H3. The first kappa shape index (κ1) is 17.1. The minimum Gasteiger partial charge on any atom is -0.391 e. The molecule has 0 aliphatic rings. The van der Waals surface area contributed by atoms with Crippen LogP contribution in [0.3, 0.4) is 0 Å². The average molecular weight is 299 g/mol. The molecule has 0 aliphatic carbocycles. The zero-order chi connectivity index (χ0) is 15.2. The van der Waals surface area contributed by atoms with E-state index in [2.05, 4.69) is 5.32 Å². The van der Waals surface area contributed by atoms with Gasteiger partial charge in [0.1, 0.15) is 0 Å². The second kappa shape index (κ2) is 7.76. The van der Waals surface area contributed by atoms with Gasteiger partial charge >= 0.3 is 0 Å². The monoisotopic (exact) mass is 299 g/mol. The Kier molecular flexibility index (Phi) is 6.65. The highest BCUT2D eigenvalue weighted by Gasteiger charge is 2.19. The number of hydrogen-bond donors (Lipinski definition) is 2. The molecule has 0 spiro atoms. The van der Waals surface area contributed by atoms with Gasteiger partial charge in [-0.15, -0.1) is 0 Å². The summed E-state index contributed by atoms with van der Waals surface area (Å²) in [6.07, 6.45) is 0.0200. The second-order valence-corrected chi connectivity index (χ2v) is 7.71. The number of rotatable bonds is 8. The summed E-state index contributed by atoms with van der Waals surface area (Å²) in [4.78, 5) is 0. The highest BCUT2D eigenvalue weighted by atomic mass is 32.2. The number of aliphatic hydroxyl groups excluding tert-OH is 1. The van der Waals surface area contributed by atoms with Gasteiger partial charge in [0.15, 0.2) is 9.84 Å². The summed E-state index contributed by atoms with van der Waals surface area (Å²) < 4.78 is 23.1. The van der Waals surface area contributed by atoms with E-state index in [-0.39, 0.29) is 23.6 Å². The molecular formula is C15H25NO3S. The van der Waals surface area contributed by atoms with Gasteiger partial charge in [-0.1, -0.05) is 37.3 Å². The molecule has 20 heavy (non-hydrogen) atoms. The maximum absolute atomic E-state index is 11.5. The third-order valence-corrected chi connectivity index (χ3v) is 5.24. The molecule has 5 heteroatoms. The van der Waals surface area contributed by atoms with Crippen molar-refractivity contribution in [1.82, 2.24) is 5.32 Å². The van der Waals surface area contributed by atoms with Gasteiger partial charge in [0.25, 0.3) is 0 Å². The van der Waals surface area contributed by atoms with E-state index >= 15 is 0 Å². The lowest BCUT2D eigenvalue weighted by Gasteiger charge is -2.24. The number of aliphatic hydroxyl groups is 1. The van der Waals surface area contributed by atoms with Crippen molar-refractivity contribution >= 4 is 9.84 Å². The van der Waals surface area contributed by atoms with Crippen molar-refractivity contribution in [2.75, 3.05) is 11.5 Å². The average Bonchev–Trinajstić information content (AvgIpc) is 2.39. The molecule has 0 aromatic heterocycles.